The number of hydrogen-bond donors (Lipinski definition) is 3. The van der Waals surface area contributed by atoms with Gasteiger partial charge in [-0.2, -0.15) is 0 Å². The second-order valence-corrected chi connectivity index (χ2v) is 6.01. The molecule has 3 N–H and O–H groups in total. The summed E-state index contributed by atoms with van der Waals surface area (Å²) in [5, 5.41) is 9.35. The number of nitrogens with zero attached hydrogens (tertiary/aromatic N) is 1. The third-order valence-electron chi connectivity index (χ3n) is 3.92. The van der Waals surface area contributed by atoms with E-state index in [1.165, 1.54) is 6.26 Å². The summed E-state index contributed by atoms with van der Waals surface area (Å²) in [5.41, 5.74) is 1.94. The molecule has 0 saturated heterocycles. The van der Waals surface area contributed by atoms with E-state index >= 15 is 0 Å². The molecule has 154 valence electrons. The lowest BCUT2D eigenvalue weighted by Crippen LogP contribution is -2.38. The first-order valence-electron chi connectivity index (χ1n) is 9.11. The third kappa shape index (κ3) is 7.79. The Bertz CT molecular complexity index is 744. The van der Waals surface area contributed by atoms with Crippen molar-refractivity contribution in [2.75, 3.05) is 26.7 Å². The van der Waals surface area contributed by atoms with Gasteiger partial charge in [0.25, 0.3) is 5.91 Å². The molecule has 28 heavy (non-hydrogen) atoms. The number of aryl methyl sites for hydroxylation is 1. The summed E-state index contributed by atoms with van der Waals surface area (Å²) in [6, 6.07) is 9.62. The van der Waals surface area contributed by atoms with E-state index in [4.69, 9.17) is 9.15 Å². The fraction of sp³-hybridized carbons (Fsp3) is 0.400. The van der Waals surface area contributed by atoms with Gasteiger partial charge < -0.3 is 25.1 Å². The van der Waals surface area contributed by atoms with E-state index in [-0.39, 0.29) is 29.9 Å². The third-order valence-corrected chi connectivity index (χ3v) is 3.92. The van der Waals surface area contributed by atoms with Crippen molar-refractivity contribution >= 4 is 35.8 Å². The second kappa shape index (κ2) is 13.0. The van der Waals surface area contributed by atoms with Gasteiger partial charge in [-0.05, 0) is 44.0 Å². The molecule has 0 spiro atoms. The summed E-state index contributed by atoms with van der Waals surface area (Å²) in [6.45, 7) is 6.49. The molecule has 0 aliphatic carbocycles. The predicted octanol–water partition coefficient (Wildman–Crippen LogP) is 3.09. The minimum atomic E-state index is -0.183. The number of carbonyl (C=O) groups is 1. The van der Waals surface area contributed by atoms with E-state index in [1.807, 2.05) is 38.1 Å². The molecule has 0 saturated carbocycles. The summed E-state index contributed by atoms with van der Waals surface area (Å²) in [6.07, 6.45) is 2.30. The molecule has 1 heterocycles. The lowest BCUT2D eigenvalue weighted by Gasteiger charge is -2.11. The average molecular weight is 500 g/mol. The molecule has 1 aromatic heterocycles. The van der Waals surface area contributed by atoms with Gasteiger partial charge in [0, 0.05) is 25.2 Å². The van der Waals surface area contributed by atoms with Gasteiger partial charge in [-0.3, -0.25) is 4.79 Å². The van der Waals surface area contributed by atoms with Gasteiger partial charge in [0.2, 0.25) is 0 Å². The fourth-order valence-electron chi connectivity index (χ4n) is 2.43. The number of methoxy groups -OCH3 is 1. The summed E-state index contributed by atoms with van der Waals surface area (Å²) >= 11 is 0. The number of rotatable bonds is 9. The molecule has 7 nitrogen and oxygen atoms in total. The number of carbonyl (C=O) groups excluding carboxylic acids is 1. The molecule has 0 radical (unpaired) electrons. The maximum atomic E-state index is 12.0. The highest BCUT2D eigenvalue weighted by atomic mass is 127. The van der Waals surface area contributed by atoms with Crippen LogP contribution in [0, 0.1) is 6.92 Å². The van der Waals surface area contributed by atoms with Crippen LogP contribution in [0.1, 0.15) is 35.0 Å². The summed E-state index contributed by atoms with van der Waals surface area (Å²) in [7, 11) is 1.65. The molecule has 0 atom stereocenters. The Labute approximate surface area is 183 Å². The van der Waals surface area contributed by atoms with Gasteiger partial charge in [-0.25, -0.2) is 4.99 Å². The van der Waals surface area contributed by atoms with E-state index in [0.29, 0.717) is 25.4 Å². The Hall–Kier alpha value is -2.23. The standard InChI is InChI=1S/C20H28N4O3.HI/c1-4-21-20(24-14-16-6-8-17(26-3)9-7-16)23-12-5-11-22-19(25)18-15(2)10-13-27-18;/h6-10,13H,4-5,11-12,14H2,1-3H3,(H,22,25)(H2,21,23,24);1H. The first kappa shape index (κ1) is 23.8. The van der Waals surface area contributed by atoms with Crippen LogP contribution in [-0.2, 0) is 6.54 Å². The number of ether oxygens (including phenoxy) is 1. The van der Waals surface area contributed by atoms with E-state index in [1.54, 1.807) is 13.2 Å². The number of furan rings is 1. The zero-order valence-corrected chi connectivity index (χ0v) is 18.9. The molecule has 1 amide bonds. The van der Waals surface area contributed by atoms with Crippen LogP contribution in [0.15, 0.2) is 46.0 Å². The van der Waals surface area contributed by atoms with Gasteiger partial charge in [-0.1, -0.05) is 12.1 Å². The van der Waals surface area contributed by atoms with Crippen molar-refractivity contribution in [2.24, 2.45) is 4.99 Å². The zero-order valence-electron chi connectivity index (χ0n) is 16.6. The number of guanidine groups is 1. The van der Waals surface area contributed by atoms with Gasteiger partial charge >= 0.3 is 0 Å². The van der Waals surface area contributed by atoms with Gasteiger partial charge in [0.1, 0.15) is 5.75 Å². The maximum absolute atomic E-state index is 12.0. The molecule has 0 bridgehead atoms. The van der Waals surface area contributed by atoms with Crippen molar-refractivity contribution in [3.63, 3.8) is 0 Å². The number of benzene rings is 1. The van der Waals surface area contributed by atoms with Crippen LogP contribution in [-0.4, -0.2) is 38.6 Å². The number of aliphatic imine (C=N–C) groups is 1. The zero-order chi connectivity index (χ0) is 19.5. The lowest BCUT2D eigenvalue weighted by atomic mass is 10.2. The maximum Gasteiger partial charge on any atom is 0.287 e. The highest BCUT2D eigenvalue weighted by Crippen LogP contribution is 2.11. The van der Waals surface area contributed by atoms with Gasteiger partial charge in [-0.15, -0.1) is 24.0 Å². The average Bonchev–Trinajstić information content (AvgIpc) is 3.12. The number of hydrogen-bond acceptors (Lipinski definition) is 4. The Morgan fingerprint density at radius 2 is 1.82 bits per heavy atom. The highest BCUT2D eigenvalue weighted by Gasteiger charge is 2.11. The van der Waals surface area contributed by atoms with Crippen LogP contribution < -0.4 is 20.7 Å². The molecule has 0 aliphatic rings. The Kier molecular flexibility index (Phi) is 11.1. The van der Waals surface area contributed by atoms with Crippen LogP contribution in [0.5, 0.6) is 5.75 Å². The minimum Gasteiger partial charge on any atom is -0.497 e. The number of halogens is 1. The van der Waals surface area contributed by atoms with Crippen molar-refractivity contribution < 1.29 is 13.9 Å². The first-order chi connectivity index (χ1) is 13.1. The molecule has 2 aromatic rings. The molecule has 2 rings (SSSR count). The quantitative estimate of drug-likeness (QED) is 0.213. The number of nitrogens with one attached hydrogen (secondary N) is 3. The van der Waals surface area contributed by atoms with Gasteiger partial charge in [0.15, 0.2) is 11.7 Å². The SMILES string of the molecule is CCNC(=NCc1ccc(OC)cc1)NCCCNC(=O)c1occc1C.I. The molecule has 0 aliphatic heterocycles. The van der Waals surface area contributed by atoms with Crippen LogP contribution in [0.2, 0.25) is 0 Å². The number of amides is 1. The lowest BCUT2D eigenvalue weighted by molar-refractivity contribution is 0.0925. The van der Waals surface area contributed by atoms with Crippen molar-refractivity contribution in [1.82, 2.24) is 16.0 Å². The van der Waals surface area contributed by atoms with E-state index in [2.05, 4.69) is 20.9 Å². The van der Waals surface area contributed by atoms with Crippen LogP contribution in [0.4, 0.5) is 0 Å². The van der Waals surface area contributed by atoms with Gasteiger partial charge in [0.05, 0.1) is 19.9 Å². The Balaban J connectivity index is 0.00000392. The van der Waals surface area contributed by atoms with Crippen molar-refractivity contribution in [1.29, 1.82) is 0 Å². The summed E-state index contributed by atoms with van der Waals surface area (Å²) < 4.78 is 10.3. The molecule has 8 heteroatoms. The van der Waals surface area contributed by atoms with E-state index in [9.17, 15) is 4.79 Å². The Morgan fingerprint density at radius 1 is 1.11 bits per heavy atom. The topological polar surface area (TPSA) is 87.9 Å². The Morgan fingerprint density at radius 3 is 2.43 bits per heavy atom. The molecular weight excluding hydrogens is 471 g/mol. The van der Waals surface area contributed by atoms with Crippen molar-refractivity contribution in [3.8, 4) is 5.75 Å². The monoisotopic (exact) mass is 500 g/mol. The highest BCUT2D eigenvalue weighted by molar-refractivity contribution is 14.0. The molecular formula is C20H29IN4O3. The summed E-state index contributed by atoms with van der Waals surface area (Å²) in [4.78, 5) is 16.5. The van der Waals surface area contributed by atoms with E-state index < -0.39 is 0 Å². The van der Waals surface area contributed by atoms with E-state index in [0.717, 1.165) is 35.8 Å². The second-order valence-electron chi connectivity index (χ2n) is 6.01. The summed E-state index contributed by atoms with van der Waals surface area (Å²) in [5.74, 6) is 1.77. The van der Waals surface area contributed by atoms with Crippen molar-refractivity contribution in [2.45, 2.75) is 26.8 Å². The van der Waals surface area contributed by atoms with Crippen LogP contribution >= 0.6 is 24.0 Å². The smallest absolute Gasteiger partial charge is 0.287 e. The molecule has 1 aromatic carbocycles. The van der Waals surface area contributed by atoms with Crippen LogP contribution in [0.25, 0.3) is 0 Å². The van der Waals surface area contributed by atoms with Crippen molar-refractivity contribution in [3.05, 3.63) is 53.5 Å². The largest absolute Gasteiger partial charge is 0.497 e. The van der Waals surface area contributed by atoms with Crippen LogP contribution in [0.3, 0.4) is 0 Å². The fourth-order valence-corrected chi connectivity index (χ4v) is 2.43. The molecule has 0 fully saturated rings. The predicted molar refractivity (Wildman–Crippen MR) is 122 cm³/mol. The minimum absolute atomic E-state index is 0. The first-order valence-corrected chi connectivity index (χ1v) is 9.11. The molecule has 0 unspecified atom stereocenters. The normalized spacial score (nSPS) is 10.8.